The third-order valence-electron chi connectivity index (χ3n) is 3.08. The molecule has 24 heavy (non-hydrogen) atoms. The molecule has 0 aliphatic carbocycles. The highest BCUT2D eigenvalue weighted by molar-refractivity contribution is 7.07. The van der Waals surface area contributed by atoms with E-state index >= 15 is 0 Å². The maximum atomic E-state index is 12.3. The molecule has 0 saturated carbocycles. The number of carbonyl (C=O) groups is 2. The van der Waals surface area contributed by atoms with Crippen LogP contribution in [0.4, 0.5) is 8.78 Å². The van der Waals surface area contributed by atoms with Crippen LogP contribution in [0.5, 0.6) is 5.75 Å². The quantitative estimate of drug-likeness (QED) is 0.716. The van der Waals surface area contributed by atoms with Crippen molar-refractivity contribution in [2.45, 2.75) is 13.2 Å². The Kier molecular flexibility index (Phi) is 6.25. The molecule has 0 aliphatic heterocycles. The zero-order chi connectivity index (χ0) is 17.5. The van der Waals surface area contributed by atoms with E-state index in [1.807, 2.05) is 16.8 Å². The van der Waals surface area contributed by atoms with Crippen LogP contribution in [0.15, 0.2) is 41.1 Å². The highest BCUT2D eigenvalue weighted by Gasteiger charge is 2.18. The lowest BCUT2D eigenvalue weighted by Crippen LogP contribution is -2.30. The first kappa shape index (κ1) is 17.9. The van der Waals surface area contributed by atoms with Gasteiger partial charge < -0.3 is 14.4 Å². The van der Waals surface area contributed by atoms with Crippen LogP contribution < -0.4 is 4.74 Å². The monoisotopic (exact) mass is 355 g/mol. The van der Waals surface area contributed by atoms with E-state index in [1.54, 1.807) is 7.05 Å². The molecule has 0 unspecified atom stereocenters. The molecule has 128 valence electrons. The predicted octanol–water partition coefficient (Wildman–Crippen LogP) is 3.16. The Labute approximate surface area is 141 Å². The molecular weight excluding hydrogens is 340 g/mol. The van der Waals surface area contributed by atoms with Gasteiger partial charge in [-0.15, -0.1) is 0 Å². The number of rotatable bonds is 7. The molecule has 0 N–H and O–H groups in total. The lowest BCUT2D eigenvalue weighted by atomic mass is 10.2. The van der Waals surface area contributed by atoms with Crippen molar-refractivity contribution in [2.75, 3.05) is 13.7 Å². The molecule has 1 aromatic heterocycles. The predicted molar refractivity (Wildman–Crippen MR) is 84.1 cm³/mol. The maximum Gasteiger partial charge on any atom is 0.387 e. The molecule has 2 rings (SSSR count). The molecule has 0 spiro atoms. The van der Waals surface area contributed by atoms with Gasteiger partial charge >= 0.3 is 12.6 Å². The molecule has 0 radical (unpaired) electrons. The van der Waals surface area contributed by atoms with Gasteiger partial charge in [0.1, 0.15) is 11.3 Å². The first-order valence-corrected chi connectivity index (χ1v) is 7.87. The van der Waals surface area contributed by atoms with Crippen LogP contribution in [-0.2, 0) is 16.1 Å². The van der Waals surface area contributed by atoms with Gasteiger partial charge in [0.15, 0.2) is 6.61 Å². The van der Waals surface area contributed by atoms with Gasteiger partial charge in [-0.2, -0.15) is 20.1 Å². The Balaban J connectivity index is 1.92. The van der Waals surface area contributed by atoms with Gasteiger partial charge in [-0.3, -0.25) is 4.79 Å². The molecule has 0 saturated heterocycles. The largest absolute Gasteiger partial charge is 0.452 e. The topological polar surface area (TPSA) is 55.8 Å². The number of hydrogen-bond donors (Lipinski definition) is 0. The average Bonchev–Trinajstić information content (AvgIpc) is 3.05. The minimum atomic E-state index is -3.06. The van der Waals surface area contributed by atoms with E-state index in [-0.39, 0.29) is 11.3 Å². The van der Waals surface area contributed by atoms with Crippen LogP contribution in [0.2, 0.25) is 0 Å². The number of alkyl halides is 2. The number of para-hydroxylation sites is 1. The lowest BCUT2D eigenvalue weighted by Gasteiger charge is -2.16. The number of amides is 1. The first-order valence-electron chi connectivity index (χ1n) is 6.93. The smallest absolute Gasteiger partial charge is 0.387 e. The second kappa shape index (κ2) is 8.39. The minimum Gasteiger partial charge on any atom is -0.452 e. The van der Waals surface area contributed by atoms with Crippen molar-refractivity contribution in [3.8, 4) is 5.75 Å². The fourth-order valence-electron chi connectivity index (χ4n) is 1.89. The van der Waals surface area contributed by atoms with Gasteiger partial charge in [-0.05, 0) is 34.5 Å². The van der Waals surface area contributed by atoms with E-state index in [4.69, 9.17) is 4.74 Å². The molecule has 1 heterocycles. The second-order valence-electron chi connectivity index (χ2n) is 4.83. The van der Waals surface area contributed by atoms with Crippen LogP contribution in [0.3, 0.4) is 0 Å². The fraction of sp³-hybridized carbons (Fsp3) is 0.250. The third-order valence-corrected chi connectivity index (χ3v) is 3.81. The van der Waals surface area contributed by atoms with Crippen LogP contribution in [0.25, 0.3) is 0 Å². The van der Waals surface area contributed by atoms with E-state index < -0.39 is 25.1 Å². The third kappa shape index (κ3) is 5.02. The number of esters is 1. The Bertz CT molecular complexity index is 691. The summed E-state index contributed by atoms with van der Waals surface area (Å²) in [5.41, 5.74) is 0.809. The summed E-state index contributed by atoms with van der Waals surface area (Å²) in [6, 6.07) is 7.35. The highest BCUT2D eigenvalue weighted by Crippen LogP contribution is 2.21. The number of likely N-dealkylation sites (N-methyl/N-ethyl adjacent to an activating group) is 1. The summed E-state index contributed by atoms with van der Waals surface area (Å²) in [5, 5.41) is 3.81. The zero-order valence-electron chi connectivity index (χ0n) is 12.8. The molecule has 5 nitrogen and oxygen atoms in total. The summed E-state index contributed by atoms with van der Waals surface area (Å²) >= 11 is 1.52. The number of benzene rings is 1. The molecule has 1 amide bonds. The number of ether oxygens (including phenoxy) is 2. The van der Waals surface area contributed by atoms with Gasteiger partial charge in [0.2, 0.25) is 0 Å². The van der Waals surface area contributed by atoms with Crippen molar-refractivity contribution in [1.29, 1.82) is 0 Å². The number of carbonyl (C=O) groups excluding carboxylic acids is 2. The van der Waals surface area contributed by atoms with Crippen LogP contribution in [0, 0.1) is 0 Å². The standard InChI is InChI=1S/C16H15F2NO4S/c1-19(8-11-6-7-24-10-11)14(20)9-22-15(21)12-4-2-3-5-13(12)23-16(17)18/h2-7,10,16H,8-9H2,1H3. The van der Waals surface area contributed by atoms with Crippen molar-refractivity contribution in [3.63, 3.8) is 0 Å². The highest BCUT2D eigenvalue weighted by atomic mass is 32.1. The summed E-state index contributed by atoms with van der Waals surface area (Å²) in [7, 11) is 1.59. The van der Waals surface area contributed by atoms with Crippen LogP contribution in [-0.4, -0.2) is 37.0 Å². The number of nitrogens with zero attached hydrogens (tertiary/aromatic N) is 1. The summed E-state index contributed by atoms with van der Waals surface area (Å²) < 4.78 is 33.8. The first-order chi connectivity index (χ1) is 11.5. The zero-order valence-corrected chi connectivity index (χ0v) is 13.6. The minimum absolute atomic E-state index is 0.161. The van der Waals surface area contributed by atoms with Crippen LogP contribution in [0.1, 0.15) is 15.9 Å². The summed E-state index contributed by atoms with van der Waals surface area (Å²) in [4.78, 5) is 25.4. The molecule has 0 fully saturated rings. The lowest BCUT2D eigenvalue weighted by molar-refractivity contribution is -0.133. The van der Waals surface area contributed by atoms with Crippen molar-refractivity contribution in [2.24, 2.45) is 0 Å². The van der Waals surface area contributed by atoms with Crippen molar-refractivity contribution in [3.05, 3.63) is 52.2 Å². The Hall–Kier alpha value is -2.48. The summed E-state index contributed by atoms with van der Waals surface area (Å²) in [6.07, 6.45) is 0. The fourth-order valence-corrected chi connectivity index (χ4v) is 2.55. The number of halogens is 2. The van der Waals surface area contributed by atoms with Crippen molar-refractivity contribution < 1.29 is 27.8 Å². The molecular formula is C16H15F2NO4S. The molecule has 0 bridgehead atoms. The van der Waals surface area contributed by atoms with E-state index in [0.717, 1.165) is 5.56 Å². The van der Waals surface area contributed by atoms with Gasteiger partial charge in [0.05, 0.1) is 0 Å². The van der Waals surface area contributed by atoms with E-state index in [1.165, 1.54) is 40.5 Å². The number of hydrogen-bond acceptors (Lipinski definition) is 5. The van der Waals surface area contributed by atoms with Crippen molar-refractivity contribution in [1.82, 2.24) is 4.90 Å². The molecule has 2 aromatic rings. The van der Waals surface area contributed by atoms with E-state index in [0.29, 0.717) is 6.54 Å². The second-order valence-corrected chi connectivity index (χ2v) is 5.61. The molecule has 0 aliphatic rings. The van der Waals surface area contributed by atoms with Gasteiger partial charge in [-0.1, -0.05) is 12.1 Å². The van der Waals surface area contributed by atoms with Gasteiger partial charge in [-0.25, -0.2) is 4.79 Å². The Morgan fingerprint density at radius 2 is 2.00 bits per heavy atom. The molecule has 8 heteroatoms. The summed E-state index contributed by atoms with van der Waals surface area (Å²) in [6.45, 7) is -3.15. The SMILES string of the molecule is CN(Cc1ccsc1)C(=O)COC(=O)c1ccccc1OC(F)F. The van der Waals surface area contributed by atoms with E-state index in [9.17, 15) is 18.4 Å². The van der Waals surface area contributed by atoms with Crippen molar-refractivity contribution >= 4 is 23.2 Å². The maximum absolute atomic E-state index is 12.3. The van der Waals surface area contributed by atoms with E-state index in [2.05, 4.69) is 4.74 Å². The van der Waals surface area contributed by atoms with Gasteiger partial charge in [0, 0.05) is 13.6 Å². The molecule has 0 atom stereocenters. The summed E-state index contributed by atoms with van der Waals surface area (Å²) in [5.74, 6) is -1.60. The normalized spacial score (nSPS) is 10.5. The average molecular weight is 355 g/mol. The van der Waals surface area contributed by atoms with Crippen LogP contribution >= 0.6 is 11.3 Å². The Morgan fingerprint density at radius 1 is 1.25 bits per heavy atom. The molecule has 1 aromatic carbocycles. The van der Waals surface area contributed by atoms with Gasteiger partial charge in [0.25, 0.3) is 5.91 Å². The Morgan fingerprint density at radius 3 is 2.67 bits per heavy atom. The number of thiophene rings is 1.